The molecule has 3 aromatic carbocycles. The standard InChI is InChI=1S/C22H16Br2N2O2/c1-25-16-5-9-22-20(11-16)19-10-15(24)4-8-21(19)26(22)12-17(27)13-28-18-6-2-14(23)3-7-18/h2-11,17,27H,12-13H2. The number of benzene rings is 3. The summed E-state index contributed by atoms with van der Waals surface area (Å²) in [5.74, 6) is 0.718. The van der Waals surface area contributed by atoms with Gasteiger partial charge in [0.25, 0.3) is 0 Å². The summed E-state index contributed by atoms with van der Waals surface area (Å²) >= 11 is 6.92. The maximum atomic E-state index is 10.6. The molecule has 4 rings (SSSR count). The van der Waals surface area contributed by atoms with E-state index < -0.39 is 6.10 Å². The fraction of sp³-hybridized carbons (Fsp3) is 0.136. The van der Waals surface area contributed by atoms with E-state index in [9.17, 15) is 5.11 Å². The van der Waals surface area contributed by atoms with Crippen LogP contribution in [0.5, 0.6) is 5.75 Å². The van der Waals surface area contributed by atoms with Gasteiger partial charge in [-0.1, -0.05) is 37.9 Å². The van der Waals surface area contributed by atoms with Crippen molar-refractivity contribution in [1.82, 2.24) is 4.57 Å². The number of hydrogen-bond donors (Lipinski definition) is 1. The molecule has 0 bridgehead atoms. The fourth-order valence-electron chi connectivity index (χ4n) is 3.32. The van der Waals surface area contributed by atoms with Crippen LogP contribution in [0.15, 0.2) is 69.6 Å². The summed E-state index contributed by atoms with van der Waals surface area (Å²) < 4.78 is 9.76. The van der Waals surface area contributed by atoms with Gasteiger partial charge in [-0.2, -0.15) is 0 Å². The fourth-order valence-corrected chi connectivity index (χ4v) is 3.94. The molecule has 0 aliphatic carbocycles. The number of ether oxygens (including phenoxy) is 1. The van der Waals surface area contributed by atoms with Gasteiger partial charge >= 0.3 is 0 Å². The third-order valence-electron chi connectivity index (χ3n) is 4.59. The summed E-state index contributed by atoms with van der Waals surface area (Å²) in [5, 5.41) is 12.7. The Labute approximate surface area is 179 Å². The lowest BCUT2D eigenvalue weighted by atomic mass is 10.1. The van der Waals surface area contributed by atoms with E-state index in [1.54, 1.807) is 0 Å². The third kappa shape index (κ3) is 3.79. The summed E-state index contributed by atoms with van der Waals surface area (Å²) in [6, 6.07) is 19.2. The van der Waals surface area contributed by atoms with E-state index in [-0.39, 0.29) is 6.61 Å². The van der Waals surface area contributed by atoms with Gasteiger partial charge in [-0.15, -0.1) is 0 Å². The van der Waals surface area contributed by atoms with Crippen LogP contribution in [0, 0.1) is 6.57 Å². The molecule has 1 unspecified atom stereocenters. The van der Waals surface area contributed by atoms with Crippen LogP contribution in [0.3, 0.4) is 0 Å². The summed E-state index contributed by atoms with van der Waals surface area (Å²) in [5.41, 5.74) is 2.61. The van der Waals surface area contributed by atoms with Crippen LogP contribution in [0.4, 0.5) is 5.69 Å². The zero-order valence-electron chi connectivity index (χ0n) is 14.8. The van der Waals surface area contributed by atoms with Crippen LogP contribution in [-0.2, 0) is 6.54 Å². The molecule has 0 fully saturated rings. The van der Waals surface area contributed by atoms with Crippen molar-refractivity contribution in [1.29, 1.82) is 0 Å². The number of aliphatic hydroxyl groups is 1. The van der Waals surface area contributed by atoms with Gasteiger partial charge in [0.05, 0.1) is 13.1 Å². The molecule has 4 aromatic rings. The lowest BCUT2D eigenvalue weighted by molar-refractivity contribution is 0.0945. The van der Waals surface area contributed by atoms with Gasteiger partial charge in [-0.3, -0.25) is 0 Å². The molecular formula is C22H16Br2N2O2. The van der Waals surface area contributed by atoms with Crippen molar-refractivity contribution in [2.45, 2.75) is 12.6 Å². The van der Waals surface area contributed by atoms with Crippen LogP contribution in [0.25, 0.3) is 26.7 Å². The Kier molecular flexibility index (Phi) is 5.40. The van der Waals surface area contributed by atoms with Gasteiger partial charge in [-0.25, -0.2) is 4.85 Å². The van der Waals surface area contributed by atoms with E-state index in [1.807, 2.05) is 60.7 Å². The first-order valence-corrected chi connectivity index (χ1v) is 10.3. The van der Waals surface area contributed by atoms with Crippen molar-refractivity contribution in [2.75, 3.05) is 6.61 Å². The zero-order chi connectivity index (χ0) is 19.7. The summed E-state index contributed by atoms with van der Waals surface area (Å²) in [4.78, 5) is 3.55. The highest BCUT2D eigenvalue weighted by molar-refractivity contribution is 9.10. The first-order chi connectivity index (χ1) is 13.5. The normalized spacial score (nSPS) is 12.2. The molecule has 0 radical (unpaired) electrons. The molecule has 140 valence electrons. The van der Waals surface area contributed by atoms with Gasteiger partial charge in [0.2, 0.25) is 0 Å². The Balaban J connectivity index is 1.65. The highest BCUT2D eigenvalue weighted by Gasteiger charge is 2.15. The van der Waals surface area contributed by atoms with Gasteiger partial charge in [0.15, 0.2) is 5.69 Å². The molecule has 0 amide bonds. The Bertz CT molecular complexity index is 1190. The van der Waals surface area contributed by atoms with E-state index in [1.165, 1.54) is 0 Å². The average molecular weight is 500 g/mol. The topological polar surface area (TPSA) is 38.8 Å². The average Bonchev–Trinajstić information content (AvgIpc) is 2.99. The highest BCUT2D eigenvalue weighted by atomic mass is 79.9. The summed E-state index contributed by atoms with van der Waals surface area (Å²) in [6.45, 7) is 7.88. The molecule has 0 spiro atoms. The van der Waals surface area contributed by atoms with Gasteiger partial charge in [0, 0.05) is 25.4 Å². The predicted molar refractivity (Wildman–Crippen MR) is 119 cm³/mol. The number of rotatable bonds is 5. The molecule has 0 aliphatic heterocycles. The molecule has 4 nitrogen and oxygen atoms in total. The lowest BCUT2D eigenvalue weighted by Crippen LogP contribution is -2.23. The second-order valence-corrected chi connectivity index (χ2v) is 8.34. The van der Waals surface area contributed by atoms with Crippen molar-refractivity contribution < 1.29 is 9.84 Å². The van der Waals surface area contributed by atoms with Crippen molar-refractivity contribution >= 4 is 59.4 Å². The molecular weight excluding hydrogens is 484 g/mol. The lowest BCUT2D eigenvalue weighted by Gasteiger charge is -2.15. The molecule has 0 saturated carbocycles. The number of hydrogen-bond acceptors (Lipinski definition) is 2. The van der Waals surface area contributed by atoms with Crippen LogP contribution < -0.4 is 4.74 Å². The van der Waals surface area contributed by atoms with Crippen LogP contribution in [-0.4, -0.2) is 22.4 Å². The largest absolute Gasteiger partial charge is 0.491 e. The number of aliphatic hydroxyl groups excluding tert-OH is 1. The Morgan fingerprint density at radius 1 is 0.929 bits per heavy atom. The molecule has 1 aromatic heterocycles. The zero-order valence-corrected chi connectivity index (χ0v) is 17.9. The van der Waals surface area contributed by atoms with Gasteiger partial charge in [0.1, 0.15) is 18.5 Å². The number of fused-ring (bicyclic) bond motifs is 3. The number of nitrogens with zero attached hydrogens (tertiary/aromatic N) is 2. The van der Waals surface area contributed by atoms with Crippen molar-refractivity contribution in [3.63, 3.8) is 0 Å². The minimum absolute atomic E-state index is 0.194. The third-order valence-corrected chi connectivity index (χ3v) is 5.61. The number of aromatic nitrogens is 1. The van der Waals surface area contributed by atoms with Crippen LogP contribution in [0.1, 0.15) is 0 Å². The maximum absolute atomic E-state index is 10.6. The second kappa shape index (κ2) is 7.96. The molecule has 28 heavy (non-hydrogen) atoms. The molecule has 1 heterocycles. The van der Waals surface area contributed by atoms with Crippen LogP contribution in [0.2, 0.25) is 0 Å². The Morgan fingerprint density at radius 2 is 1.57 bits per heavy atom. The first kappa shape index (κ1) is 19.0. The van der Waals surface area contributed by atoms with E-state index in [2.05, 4.69) is 41.3 Å². The molecule has 0 aliphatic rings. The summed E-state index contributed by atoms with van der Waals surface area (Å²) in [7, 11) is 0. The van der Waals surface area contributed by atoms with Gasteiger partial charge < -0.3 is 14.4 Å². The van der Waals surface area contributed by atoms with Gasteiger partial charge in [-0.05, 0) is 60.0 Å². The van der Waals surface area contributed by atoms with E-state index in [0.29, 0.717) is 12.2 Å². The molecule has 1 atom stereocenters. The smallest absolute Gasteiger partial charge is 0.188 e. The van der Waals surface area contributed by atoms with E-state index >= 15 is 0 Å². The number of halogens is 2. The SMILES string of the molecule is [C-]#[N+]c1ccc2c(c1)c1cc(Br)ccc1n2CC(O)COc1ccc(Br)cc1. The molecule has 6 heteroatoms. The van der Waals surface area contributed by atoms with Crippen molar-refractivity contribution in [3.8, 4) is 5.75 Å². The first-order valence-electron chi connectivity index (χ1n) is 8.70. The maximum Gasteiger partial charge on any atom is 0.188 e. The summed E-state index contributed by atoms with van der Waals surface area (Å²) in [6.07, 6.45) is -0.674. The quantitative estimate of drug-likeness (QED) is 0.327. The second-order valence-electron chi connectivity index (χ2n) is 6.50. The monoisotopic (exact) mass is 498 g/mol. The molecule has 1 N–H and O–H groups in total. The van der Waals surface area contributed by atoms with Crippen molar-refractivity contribution in [3.05, 3.63) is 81.0 Å². The highest BCUT2D eigenvalue weighted by Crippen LogP contribution is 2.33. The van der Waals surface area contributed by atoms with E-state index in [4.69, 9.17) is 11.3 Å². The Morgan fingerprint density at radius 3 is 2.29 bits per heavy atom. The molecule has 0 saturated heterocycles. The minimum Gasteiger partial charge on any atom is -0.491 e. The van der Waals surface area contributed by atoms with Crippen LogP contribution >= 0.6 is 31.9 Å². The minimum atomic E-state index is -0.674. The van der Waals surface area contributed by atoms with E-state index in [0.717, 1.165) is 36.5 Å². The predicted octanol–water partition coefficient (Wildman–Crippen LogP) is 6.31. The van der Waals surface area contributed by atoms with Crippen molar-refractivity contribution in [2.24, 2.45) is 0 Å². The Hall–Kier alpha value is -2.33.